The number of nitrogens with one attached hydrogen (secondary N) is 2. The molecule has 6 heteroatoms. The molecule has 2 aliphatic rings. The molecule has 0 bridgehead atoms. The second kappa shape index (κ2) is 7.94. The van der Waals surface area contributed by atoms with Gasteiger partial charge in [-0.2, -0.15) is 0 Å². The van der Waals surface area contributed by atoms with Gasteiger partial charge in [-0.15, -0.1) is 0 Å². The maximum Gasteiger partial charge on any atom is 0.315 e. The van der Waals surface area contributed by atoms with Crippen molar-refractivity contribution in [2.75, 3.05) is 20.3 Å². The van der Waals surface area contributed by atoms with Gasteiger partial charge in [-0.3, -0.25) is 0 Å². The first-order valence-corrected chi connectivity index (χ1v) is 8.60. The van der Waals surface area contributed by atoms with E-state index in [2.05, 4.69) is 10.6 Å². The van der Waals surface area contributed by atoms with Crippen molar-refractivity contribution in [2.45, 2.75) is 43.9 Å². The molecule has 1 aliphatic carbocycles. The summed E-state index contributed by atoms with van der Waals surface area (Å²) in [5.41, 5.74) is 0.832. The maximum absolute atomic E-state index is 13.0. The van der Waals surface area contributed by atoms with Gasteiger partial charge in [0.25, 0.3) is 0 Å². The van der Waals surface area contributed by atoms with Crippen LogP contribution in [0.1, 0.15) is 37.4 Å². The topological polar surface area (TPSA) is 59.6 Å². The average molecular weight is 336 g/mol. The fourth-order valence-electron chi connectivity index (χ4n) is 3.19. The second-order valence-electron chi connectivity index (χ2n) is 6.60. The molecule has 0 aromatic heterocycles. The molecular formula is C18H25FN2O3. The zero-order valence-corrected chi connectivity index (χ0v) is 14.0. The van der Waals surface area contributed by atoms with Crippen molar-refractivity contribution in [3.8, 4) is 0 Å². The first-order valence-electron chi connectivity index (χ1n) is 8.60. The van der Waals surface area contributed by atoms with Crippen LogP contribution in [0, 0.1) is 11.7 Å². The summed E-state index contributed by atoms with van der Waals surface area (Å²) < 4.78 is 24.2. The fraction of sp³-hybridized carbons (Fsp3) is 0.611. The number of carbonyl (C=O) groups is 1. The maximum atomic E-state index is 13.0. The lowest BCUT2D eigenvalue weighted by atomic mass is 10.0. The summed E-state index contributed by atoms with van der Waals surface area (Å²) in [5, 5.41) is 5.87. The lowest BCUT2D eigenvalue weighted by Crippen LogP contribution is -2.47. The molecule has 1 saturated heterocycles. The molecule has 5 nitrogen and oxygen atoms in total. The number of rotatable bonds is 6. The third-order valence-corrected chi connectivity index (χ3v) is 4.77. The van der Waals surface area contributed by atoms with Crippen LogP contribution in [-0.4, -0.2) is 38.4 Å². The highest BCUT2D eigenvalue weighted by molar-refractivity contribution is 5.74. The number of urea groups is 1. The minimum Gasteiger partial charge on any atom is -0.378 e. The highest BCUT2D eigenvalue weighted by Crippen LogP contribution is 2.38. The normalized spacial score (nSPS) is 25.1. The lowest BCUT2D eigenvalue weighted by molar-refractivity contribution is -0.00921. The van der Waals surface area contributed by atoms with Gasteiger partial charge < -0.3 is 20.1 Å². The van der Waals surface area contributed by atoms with E-state index in [-0.39, 0.29) is 24.0 Å². The Kier molecular flexibility index (Phi) is 5.68. The first kappa shape index (κ1) is 17.2. The smallest absolute Gasteiger partial charge is 0.315 e. The number of hydrogen-bond acceptors (Lipinski definition) is 3. The Bertz CT molecular complexity index is 548. The van der Waals surface area contributed by atoms with Crippen LogP contribution >= 0.6 is 0 Å². The molecule has 3 rings (SSSR count). The Hall–Kier alpha value is -1.66. The van der Waals surface area contributed by atoms with Crippen LogP contribution in [0.5, 0.6) is 0 Å². The number of ether oxygens (including phenoxy) is 2. The first-order chi connectivity index (χ1) is 11.7. The highest BCUT2D eigenvalue weighted by Gasteiger charge is 2.36. The summed E-state index contributed by atoms with van der Waals surface area (Å²) in [6, 6.07) is 6.09. The van der Waals surface area contributed by atoms with Crippen molar-refractivity contribution in [3.63, 3.8) is 0 Å². The number of carbonyl (C=O) groups excluding carboxylic acids is 1. The molecule has 3 atom stereocenters. The van der Waals surface area contributed by atoms with Gasteiger partial charge in [0.1, 0.15) is 5.82 Å². The highest BCUT2D eigenvalue weighted by atomic mass is 19.1. The van der Waals surface area contributed by atoms with Gasteiger partial charge in [0.05, 0.1) is 12.2 Å². The minimum atomic E-state index is -0.301. The Morgan fingerprint density at radius 1 is 1.33 bits per heavy atom. The fourth-order valence-corrected chi connectivity index (χ4v) is 3.19. The number of hydrogen-bond donors (Lipinski definition) is 2. The molecule has 0 unspecified atom stereocenters. The molecule has 24 heavy (non-hydrogen) atoms. The molecule has 1 saturated carbocycles. The average Bonchev–Trinajstić information content (AvgIpc) is 3.42. The third kappa shape index (κ3) is 4.68. The van der Waals surface area contributed by atoms with Gasteiger partial charge in [0.2, 0.25) is 0 Å². The molecule has 1 aromatic rings. The van der Waals surface area contributed by atoms with Gasteiger partial charge >= 0.3 is 6.03 Å². The number of benzene rings is 1. The van der Waals surface area contributed by atoms with E-state index in [1.54, 1.807) is 19.2 Å². The second-order valence-corrected chi connectivity index (χ2v) is 6.60. The Morgan fingerprint density at radius 3 is 2.75 bits per heavy atom. The van der Waals surface area contributed by atoms with Crippen LogP contribution in [0.4, 0.5) is 9.18 Å². The Balaban J connectivity index is 1.44. The summed E-state index contributed by atoms with van der Waals surface area (Å²) in [4.78, 5) is 12.1. The molecule has 0 radical (unpaired) electrons. The molecule has 2 N–H and O–H groups in total. The zero-order valence-electron chi connectivity index (χ0n) is 14.0. The van der Waals surface area contributed by atoms with Gasteiger partial charge in [0, 0.05) is 26.3 Å². The van der Waals surface area contributed by atoms with E-state index in [9.17, 15) is 9.18 Å². The molecule has 2 amide bonds. The Labute approximate surface area is 141 Å². The molecular weight excluding hydrogens is 311 g/mol. The number of amides is 2. The molecule has 1 aromatic carbocycles. The van der Waals surface area contributed by atoms with Gasteiger partial charge in [-0.05, 0) is 49.3 Å². The third-order valence-electron chi connectivity index (χ3n) is 4.77. The summed E-state index contributed by atoms with van der Waals surface area (Å²) >= 11 is 0. The van der Waals surface area contributed by atoms with E-state index in [1.807, 2.05) is 0 Å². The van der Waals surface area contributed by atoms with Gasteiger partial charge in [0.15, 0.2) is 0 Å². The zero-order chi connectivity index (χ0) is 16.9. The SMILES string of the molecule is CO[C@H](CNC(=O)N[C@@H]1CCO[C@H](C2CC2)C1)c1ccc(F)cc1. The largest absolute Gasteiger partial charge is 0.378 e. The van der Waals surface area contributed by atoms with Crippen LogP contribution in [0.3, 0.4) is 0 Å². The van der Waals surface area contributed by atoms with E-state index in [0.29, 0.717) is 25.2 Å². The van der Waals surface area contributed by atoms with Crippen molar-refractivity contribution >= 4 is 6.03 Å². The summed E-state index contributed by atoms with van der Waals surface area (Å²) in [7, 11) is 1.58. The lowest BCUT2D eigenvalue weighted by Gasteiger charge is -2.30. The Morgan fingerprint density at radius 2 is 2.08 bits per heavy atom. The summed E-state index contributed by atoms with van der Waals surface area (Å²) in [6.07, 6.45) is 4.24. The quantitative estimate of drug-likeness (QED) is 0.840. The summed E-state index contributed by atoms with van der Waals surface area (Å²) in [5.74, 6) is 0.401. The monoisotopic (exact) mass is 336 g/mol. The van der Waals surface area contributed by atoms with Crippen LogP contribution in [0.25, 0.3) is 0 Å². The van der Waals surface area contributed by atoms with Crippen LogP contribution in [0.15, 0.2) is 24.3 Å². The van der Waals surface area contributed by atoms with Crippen molar-refractivity contribution in [1.82, 2.24) is 10.6 Å². The molecule has 1 aliphatic heterocycles. The number of halogens is 1. The molecule has 1 heterocycles. The molecule has 132 valence electrons. The predicted octanol–water partition coefficient (Wildman–Crippen LogP) is 2.77. The van der Waals surface area contributed by atoms with Gasteiger partial charge in [-0.25, -0.2) is 9.18 Å². The van der Waals surface area contributed by atoms with Crippen LogP contribution < -0.4 is 10.6 Å². The predicted molar refractivity (Wildman–Crippen MR) is 88.2 cm³/mol. The van der Waals surface area contributed by atoms with Gasteiger partial charge in [-0.1, -0.05) is 12.1 Å². The van der Waals surface area contributed by atoms with E-state index < -0.39 is 0 Å². The van der Waals surface area contributed by atoms with Crippen molar-refractivity contribution in [3.05, 3.63) is 35.6 Å². The molecule has 2 fully saturated rings. The van der Waals surface area contributed by atoms with Crippen molar-refractivity contribution < 1.29 is 18.7 Å². The number of methoxy groups -OCH3 is 1. The van der Waals surface area contributed by atoms with E-state index in [0.717, 1.165) is 18.4 Å². The van der Waals surface area contributed by atoms with Crippen LogP contribution in [-0.2, 0) is 9.47 Å². The van der Waals surface area contributed by atoms with E-state index in [4.69, 9.17) is 9.47 Å². The summed E-state index contributed by atoms with van der Waals surface area (Å²) in [6.45, 7) is 1.05. The van der Waals surface area contributed by atoms with Crippen LogP contribution in [0.2, 0.25) is 0 Å². The van der Waals surface area contributed by atoms with Crippen molar-refractivity contribution in [2.24, 2.45) is 5.92 Å². The minimum absolute atomic E-state index is 0.163. The standard InChI is InChI=1S/C18H25FN2O3/c1-23-17(13-4-6-14(19)7-5-13)11-20-18(22)21-15-8-9-24-16(10-15)12-2-3-12/h4-7,12,15-17H,2-3,8-11H2,1H3,(H2,20,21,22)/t15-,16+,17-/m1/s1. The van der Waals surface area contributed by atoms with E-state index >= 15 is 0 Å². The van der Waals surface area contributed by atoms with Crippen molar-refractivity contribution in [1.29, 1.82) is 0 Å². The molecule has 0 spiro atoms. The van der Waals surface area contributed by atoms with E-state index in [1.165, 1.54) is 25.0 Å².